The normalized spacial score (nSPS) is 20.3. The summed E-state index contributed by atoms with van der Waals surface area (Å²) in [7, 11) is -0.664. The average Bonchev–Trinajstić information content (AvgIpc) is 3.50. The Morgan fingerprint density at radius 1 is 1.15 bits per heavy atom. The number of carbonyl (C=O) groups excluding carboxylic acids is 2. The van der Waals surface area contributed by atoms with Gasteiger partial charge in [-0.25, -0.2) is 9.78 Å². The minimum absolute atomic E-state index is 0.152. The molecule has 0 bridgehead atoms. The van der Waals surface area contributed by atoms with E-state index in [1.165, 1.54) is 23.2 Å². The number of ether oxygens (including phenoxy) is 2. The number of nitrogens with one attached hydrogen (secondary N) is 2. The molecule has 3 N–H and O–H groups in total. The molecule has 0 fully saturated rings. The maximum Gasteiger partial charge on any atom is 0.321 e. The van der Waals surface area contributed by atoms with E-state index in [9.17, 15) is 23.1 Å². The van der Waals surface area contributed by atoms with Crippen molar-refractivity contribution in [1.29, 1.82) is 0 Å². The molecule has 0 unspecified atom stereocenters. The maximum absolute atomic E-state index is 14.3. The third-order valence-electron chi connectivity index (χ3n) is 8.09. The molecule has 0 radical (unpaired) electrons. The van der Waals surface area contributed by atoms with Crippen molar-refractivity contribution in [2.24, 2.45) is 13.0 Å². The number of imidazole rings is 1. The van der Waals surface area contributed by atoms with Crippen molar-refractivity contribution in [3.8, 4) is 5.75 Å². The molecule has 4 atom stereocenters. The van der Waals surface area contributed by atoms with E-state index < -0.39 is 28.1 Å². The van der Waals surface area contributed by atoms with Crippen LogP contribution in [0, 0.1) is 5.92 Å². The summed E-state index contributed by atoms with van der Waals surface area (Å²) in [6.45, 7) is 6.22. The molecular weight excluding hydrogens is 624 g/mol. The third kappa shape index (κ3) is 9.69. The van der Waals surface area contributed by atoms with Crippen LogP contribution in [0.25, 0.3) is 0 Å². The third-order valence-corrected chi connectivity index (χ3v) is 9.35. The van der Waals surface area contributed by atoms with E-state index in [0.717, 1.165) is 12.8 Å². The van der Waals surface area contributed by atoms with E-state index in [1.54, 1.807) is 43.0 Å². The van der Waals surface area contributed by atoms with E-state index in [4.69, 9.17) is 9.47 Å². The SMILES string of the molecule is C[C@H]1CCCCO[C@@H](CN(C)C(=O)Nc2ccccc2)[C@@H](C)CN([C@@H](C)CO)C(=O)c2cc(NS(=O)(=O)c3cn(C)cn3)ccc2O1. The number of anilines is 2. The Bertz CT molecular complexity index is 1600. The van der Waals surface area contributed by atoms with E-state index in [1.807, 2.05) is 44.2 Å². The standard InChI is InChI=1S/C33H46N6O7S/c1-23-18-39(24(2)21-40)32(41)28-17-27(36-47(43,44)31-20-37(4)22-34-31)14-15-29(28)46-25(3)11-9-10-16-45-30(23)19-38(5)33(42)35-26-12-7-6-8-13-26/h6-8,12-15,17,20,22-25,30,36,40H,9-11,16,18-19,21H2,1-5H3,(H,35,42)/t23-,24-,25-,30-/m0/s1. The highest BCUT2D eigenvalue weighted by molar-refractivity contribution is 7.92. The molecule has 3 aromatic rings. The van der Waals surface area contributed by atoms with Crippen LogP contribution in [-0.2, 0) is 21.8 Å². The zero-order valence-electron chi connectivity index (χ0n) is 27.6. The van der Waals surface area contributed by atoms with Gasteiger partial charge in [0.2, 0.25) is 0 Å². The average molecular weight is 671 g/mol. The van der Waals surface area contributed by atoms with Gasteiger partial charge in [-0.2, -0.15) is 8.42 Å². The number of carbonyl (C=O) groups is 2. The predicted octanol–water partition coefficient (Wildman–Crippen LogP) is 4.18. The van der Waals surface area contributed by atoms with Gasteiger partial charge < -0.3 is 34.3 Å². The van der Waals surface area contributed by atoms with Gasteiger partial charge in [-0.15, -0.1) is 0 Å². The van der Waals surface area contributed by atoms with Crippen LogP contribution in [0.15, 0.2) is 66.1 Å². The number of nitrogens with zero attached hydrogens (tertiary/aromatic N) is 4. The largest absolute Gasteiger partial charge is 0.490 e. The number of urea groups is 1. The fourth-order valence-electron chi connectivity index (χ4n) is 5.28. The molecule has 13 nitrogen and oxygen atoms in total. The number of rotatable bonds is 8. The molecular formula is C33H46N6O7S. The van der Waals surface area contributed by atoms with Crippen LogP contribution in [-0.4, -0.2) is 96.4 Å². The second-order valence-electron chi connectivity index (χ2n) is 12.2. The van der Waals surface area contributed by atoms with Crippen molar-refractivity contribution in [2.75, 3.05) is 43.4 Å². The number of aromatic nitrogens is 2. The minimum atomic E-state index is -4.03. The fraction of sp³-hybridized carbons (Fsp3) is 0.485. The first kappa shape index (κ1) is 35.7. The molecule has 0 saturated heterocycles. The highest BCUT2D eigenvalue weighted by Gasteiger charge is 2.31. The summed E-state index contributed by atoms with van der Waals surface area (Å²) in [6, 6.07) is 12.9. The molecule has 256 valence electrons. The van der Waals surface area contributed by atoms with Crippen LogP contribution in [0.2, 0.25) is 0 Å². The topological polar surface area (TPSA) is 155 Å². The number of para-hydroxylation sites is 1. The number of hydrogen-bond donors (Lipinski definition) is 3. The lowest BCUT2D eigenvalue weighted by atomic mass is 10.0. The number of hydrogen-bond acceptors (Lipinski definition) is 8. The van der Waals surface area contributed by atoms with E-state index in [2.05, 4.69) is 15.0 Å². The quantitative estimate of drug-likeness (QED) is 0.323. The van der Waals surface area contributed by atoms with Crippen molar-refractivity contribution < 1.29 is 32.6 Å². The number of aryl methyl sites for hydroxylation is 1. The van der Waals surface area contributed by atoms with Gasteiger partial charge in [0.25, 0.3) is 15.9 Å². The zero-order chi connectivity index (χ0) is 34.1. The molecule has 1 aliphatic rings. The van der Waals surface area contributed by atoms with Crippen molar-refractivity contribution in [3.05, 3.63) is 66.6 Å². The Labute approximate surface area is 276 Å². The van der Waals surface area contributed by atoms with Crippen LogP contribution in [0.5, 0.6) is 5.75 Å². The Morgan fingerprint density at radius 3 is 2.57 bits per heavy atom. The van der Waals surface area contributed by atoms with Gasteiger partial charge in [0.1, 0.15) is 5.75 Å². The Hall–Kier alpha value is -4.14. The number of aliphatic hydroxyl groups excluding tert-OH is 1. The van der Waals surface area contributed by atoms with Gasteiger partial charge in [-0.05, 0) is 63.4 Å². The van der Waals surface area contributed by atoms with Gasteiger partial charge in [-0.3, -0.25) is 9.52 Å². The summed E-state index contributed by atoms with van der Waals surface area (Å²) in [4.78, 5) is 34.4. The van der Waals surface area contributed by atoms with E-state index in [-0.39, 0.29) is 54.0 Å². The first-order valence-electron chi connectivity index (χ1n) is 15.8. The van der Waals surface area contributed by atoms with Crippen LogP contribution >= 0.6 is 0 Å². The van der Waals surface area contributed by atoms with Crippen molar-refractivity contribution >= 4 is 33.3 Å². The van der Waals surface area contributed by atoms with Crippen LogP contribution < -0.4 is 14.8 Å². The molecule has 4 rings (SSSR count). The maximum atomic E-state index is 14.3. The molecule has 1 aromatic heterocycles. The van der Waals surface area contributed by atoms with E-state index in [0.29, 0.717) is 24.5 Å². The summed E-state index contributed by atoms with van der Waals surface area (Å²) in [6.07, 6.45) is 4.38. The van der Waals surface area contributed by atoms with Crippen molar-refractivity contribution in [1.82, 2.24) is 19.4 Å². The van der Waals surface area contributed by atoms with Gasteiger partial charge in [-0.1, -0.05) is 25.1 Å². The highest BCUT2D eigenvalue weighted by Crippen LogP contribution is 2.29. The Balaban J connectivity index is 1.62. The van der Waals surface area contributed by atoms with Crippen LogP contribution in [0.1, 0.15) is 50.4 Å². The molecule has 2 aromatic carbocycles. The monoisotopic (exact) mass is 670 g/mol. The molecule has 0 aliphatic carbocycles. The predicted molar refractivity (Wildman–Crippen MR) is 179 cm³/mol. The first-order chi connectivity index (χ1) is 22.4. The molecule has 14 heteroatoms. The Kier molecular flexibility index (Phi) is 12.2. The lowest BCUT2D eigenvalue weighted by Crippen LogP contribution is -2.48. The highest BCUT2D eigenvalue weighted by atomic mass is 32.2. The number of amides is 3. The van der Waals surface area contributed by atoms with Gasteiger partial charge in [0.05, 0.1) is 36.7 Å². The molecule has 47 heavy (non-hydrogen) atoms. The van der Waals surface area contributed by atoms with Crippen LogP contribution in [0.3, 0.4) is 0 Å². The summed E-state index contributed by atoms with van der Waals surface area (Å²) >= 11 is 0. The first-order valence-corrected chi connectivity index (χ1v) is 17.3. The minimum Gasteiger partial charge on any atom is -0.490 e. The number of likely N-dealkylation sites (N-methyl/N-ethyl adjacent to an activating group) is 1. The van der Waals surface area contributed by atoms with Crippen molar-refractivity contribution in [3.63, 3.8) is 0 Å². The van der Waals surface area contributed by atoms with Crippen LogP contribution in [0.4, 0.5) is 16.2 Å². The number of benzene rings is 2. The summed E-state index contributed by atoms with van der Waals surface area (Å²) in [5.41, 5.74) is 0.992. The second-order valence-corrected chi connectivity index (χ2v) is 13.8. The lowest BCUT2D eigenvalue weighted by molar-refractivity contribution is -0.0115. The number of aliphatic hydroxyl groups is 1. The van der Waals surface area contributed by atoms with Crippen molar-refractivity contribution in [2.45, 2.75) is 63.3 Å². The van der Waals surface area contributed by atoms with Gasteiger partial charge in [0.15, 0.2) is 5.03 Å². The summed E-state index contributed by atoms with van der Waals surface area (Å²) in [5, 5.41) is 12.9. The van der Waals surface area contributed by atoms with Gasteiger partial charge in [0, 0.05) is 57.3 Å². The fourth-order valence-corrected chi connectivity index (χ4v) is 6.31. The molecule has 2 heterocycles. The summed E-state index contributed by atoms with van der Waals surface area (Å²) < 4.78 is 42.7. The van der Waals surface area contributed by atoms with Gasteiger partial charge >= 0.3 is 6.03 Å². The Morgan fingerprint density at radius 2 is 1.89 bits per heavy atom. The lowest BCUT2D eigenvalue weighted by Gasteiger charge is -2.35. The molecule has 0 spiro atoms. The number of sulfonamides is 1. The number of fused-ring (bicyclic) bond motifs is 1. The molecule has 3 amide bonds. The zero-order valence-corrected chi connectivity index (χ0v) is 28.4. The smallest absolute Gasteiger partial charge is 0.321 e. The second kappa shape index (κ2) is 16.1. The summed E-state index contributed by atoms with van der Waals surface area (Å²) in [5.74, 6) is -0.379. The molecule has 0 saturated carbocycles. The molecule has 1 aliphatic heterocycles. The van der Waals surface area contributed by atoms with E-state index >= 15 is 0 Å².